The van der Waals surface area contributed by atoms with Crippen LogP contribution in [-0.2, 0) is 32.1 Å². The van der Waals surface area contributed by atoms with Crippen LogP contribution < -0.4 is 10.1 Å². The minimum atomic E-state index is -3.96. The number of benzene rings is 3. The van der Waals surface area contributed by atoms with Crippen LogP contribution in [0.15, 0.2) is 76.7 Å². The van der Waals surface area contributed by atoms with Gasteiger partial charge in [0.05, 0.1) is 11.1 Å². The number of phenols is 1. The Hall–Kier alpha value is -2.76. The molecule has 7 nitrogen and oxygen atoms in total. The summed E-state index contributed by atoms with van der Waals surface area (Å²) < 4.78 is 29.6. The molecule has 0 saturated heterocycles. The maximum absolute atomic E-state index is 13.2. The van der Waals surface area contributed by atoms with Gasteiger partial charge in [0.15, 0.2) is 0 Å². The van der Waals surface area contributed by atoms with Crippen molar-refractivity contribution in [3.8, 4) is 5.75 Å². The largest absolute Gasteiger partial charge is 0.507 e. The second-order valence-electron chi connectivity index (χ2n) is 11.5. The average molecular weight is 662 g/mol. The van der Waals surface area contributed by atoms with Gasteiger partial charge in [-0.05, 0) is 87.4 Å². The zero-order chi connectivity index (χ0) is 29.0. The molecule has 1 amide bonds. The van der Waals surface area contributed by atoms with Crippen molar-refractivity contribution in [3.05, 3.63) is 92.6 Å². The quantitative estimate of drug-likeness (QED) is 0.165. The Bertz CT molecular complexity index is 1410. The Morgan fingerprint density at radius 3 is 2.00 bits per heavy atom. The first-order valence-electron chi connectivity index (χ1n) is 12.6. The molecule has 39 heavy (non-hydrogen) atoms. The summed E-state index contributed by atoms with van der Waals surface area (Å²) >= 11 is 2.10. The lowest BCUT2D eigenvalue weighted by molar-refractivity contribution is -0.122. The first kappa shape index (κ1) is 30.8. The fraction of sp³-hybridized carbons (Fsp3) is 0.333. The van der Waals surface area contributed by atoms with Crippen LogP contribution in [0.3, 0.4) is 0 Å². The van der Waals surface area contributed by atoms with Crippen LogP contribution in [0.1, 0.15) is 63.8 Å². The summed E-state index contributed by atoms with van der Waals surface area (Å²) in [7, 11) is -3.96. The number of hydrogen-bond donors (Lipinski definition) is 3. The maximum Gasteiger partial charge on any atom is 0.258 e. The predicted octanol–water partition coefficient (Wildman–Crippen LogP) is 5.63. The predicted molar refractivity (Wildman–Crippen MR) is 165 cm³/mol. The lowest BCUT2D eigenvalue weighted by atomic mass is 9.78. The van der Waals surface area contributed by atoms with Crippen molar-refractivity contribution < 1.29 is 18.3 Å². The number of amides is 1. The summed E-state index contributed by atoms with van der Waals surface area (Å²) in [6.45, 7) is 12.1. The second-order valence-corrected chi connectivity index (χ2v) is 14.5. The molecule has 3 N–H and O–H groups in total. The van der Waals surface area contributed by atoms with Crippen LogP contribution in [0.4, 0.5) is 0 Å². The molecule has 0 heterocycles. The molecule has 0 aliphatic rings. The smallest absolute Gasteiger partial charge is 0.258 e. The summed E-state index contributed by atoms with van der Waals surface area (Å²) in [6, 6.07) is 18.2. The third kappa shape index (κ3) is 8.36. The highest BCUT2D eigenvalue weighted by molar-refractivity contribution is 14.1. The van der Waals surface area contributed by atoms with Gasteiger partial charge >= 0.3 is 0 Å². The van der Waals surface area contributed by atoms with Crippen molar-refractivity contribution in [2.75, 3.05) is 0 Å². The highest BCUT2D eigenvalue weighted by atomic mass is 127. The first-order valence-corrected chi connectivity index (χ1v) is 15.2. The molecule has 208 valence electrons. The van der Waals surface area contributed by atoms with Crippen molar-refractivity contribution in [1.29, 1.82) is 0 Å². The third-order valence-electron chi connectivity index (χ3n) is 6.16. The monoisotopic (exact) mass is 661 g/mol. The Kier molecular flexibility index (Phi) is 9.61. The third-order valence-corrected chi connectivity index (χ3v) is 8.36. The highest BCUT2D eigenvalue weighted by Crippen LogP contribution is 2.39. The van der Waals surface area contributed by atoms with Gasteiger partial charge in [-0.15, -0.1) is 0 Å². The molecule has 0 fully saturated rings. The molecule has 9 heteroatoms. The van der Waals surface area contributed by atoms with E-state index < -0.39 is 22.0 Å². The van der Waals surface area contributed by atoms with Gasteiger partial charge in [-0.3, -0.25) is 4.79 Å². The molecule has 0 radical (unpaired) electrons. The lowest BCUT2D eigenvalue weighted by Crippen LogP contribution is -2.46. The average Bonchev–Trinajstić information content (AvgIpc) is 2.83. The second kappa shape index (κ2) is 12.2. The summed E-state index contributed by atoms with van der Waals surface area (Å²) in [6.07, 6.45) is 1.66. The number of carbonyl (C=O) groups excluding carboxylic acids is 1. The van der Waals surface area contributed by atoms with Crippen molar-refractivity contribution in [3.63, 3.8) is 0 Å². The van der Waals surface area contributed by atoms with E-state index in [1.807, 2.05) is 84.0 Å². The number of rotatable bonds is 8. The van der Waals surface area contributed by atoms with Gasteiger partial charge in [0.25, 0.3) is 5.91 Å². The topological polar surface area (TPSA) is 108 Å². The summed E-state index contributed by atoms with van der Waals surface area (Å²) in [5.74, 6) is -0.334. The molecular weight excluding hydrogens is 625 g/mol. The van der Waals surface area contributed by atoms with E-state index in [-0.39, 0.29) is 27.9 Å². The maximum atomic E-state index is 13.2. The molecular formula is C30H36IN3O4S. The minimum absolute atomic E-state index is 0.0748. The normalized spacial score (nSPS) is 13.4. The Morgan fingerprint density at radius 2 is 1.49 bits per heavy atom. The number of phenolic OH excluding ortho intramolecular Hbond substituents is 1. The summed E-state index contributed by atoms with van der Waals surface area (Å²) in [4.78, 5) is 13.3. The molecule has 0 aliphatic heterocycles. The molecule has 3 rings (SSSR count). The van der Waals surface area contributed by atoms with E-state index in [1.165, 1.54) is 18.3 Å². The first-order chi connectivity index (χ1) is 18.1. The van der Waals surface area contributed by atoms with Gasteiger partial charge in [-0.25, -0.2) is 13.8 Å². The van der Waals surface area contributed by atoms with E-state index in [0.29, 0.717) is 5.56 Å². The van der Waals surface area contributed by atoms with Gasteiger partial charge in [-0.1, -0.05) is 71.9 Å². The van der Waals surface area contributed by atoms with Gasteiger partial charge in [0.1, 0.15) is 11.8 Å². The van der Waals surface area contributed by atoms with Crippen molar-refractivity contribution in [1.82, 2.24) is 10.1 Å². The van der Waals surface area contributed by atoms with E-state index >= 15 is 0 Å². The molecule has 0 aliphatic carbocycles. The molecule has 0 aromatic heterocycles. The van der Waals surface area contributed by atoms with Crippen molar-refractivity contribution in [2.45, 2.75) is 69.7 Å². The zero-order valence-corrected chi connectivity index (χ0v) is 26.1. The molecule has 3 aromatic rings. The molecule has 0 saturated carbocycles. The van der Waals surface area contributed by atoms with Crippen LogP contribution in [0.5, 0.6) is 5.75 Å². The van der Waals surface area contributed by atoms with Gasteiger partial charge < -0.3 is 5.11 Å². The van der Waals surface area contributed by atoms with Crippen molar-refractivity contribution in [2.24, 2.45) is 5.10 Å². The van der Waals surface area contributed by atoms with Crippen LogP contribution in [0.25, 0.3) is 0 Å². The Morgan fingerprint density at radius 1 is 0.949 bits per heavy atom. The van der Waals surface area contributed by atoms with Crippen LogP contribution >= 0.6 is 22.6 Å². The molecule has 0 spiro atoms. The van der Waals surface area contributed by atoms with Gasteiger partial charge in [0.2, 0.25) is 10.0 Å². The SMILES string of the molecule is CC(C)(C)c1cc(/C=N\NC(=O)[C@H](Cc2ccccc2)NS(=O)(=O)c2ccc(I)cc2)cc(C(C)(C)C)c1O. The van der Waals surface area contributed by atoms with Gasteiger partial charge in [0, 0.05) is 14.7 Å². The van der Waals surface area contributed by atoms with E-state index in [2.05, 4.69) is 37.8 Å². The van der Waals surface area contributed by atoms with E-state index in [1.54, 1.807) is 12.1 Å². The Balaban J connectivity index is 1.88. The lowest BCUT2D eigenvalue weighted by Gasteiger charge is -2.27. The number of nitrogens with one attached hydrogen (secondary N) is 2. The molecule has 0 bridgehead atoms. The van der Waals surface area contributed by atoms with E-state index in [9.17, 15) is 18.3 Å². The number of halogens is 1. The zero-order valence-electron chi connectivity index (χ0n) is 23.1. The van der Waals surface area contributed by atoms with Gasteiger partial charge in [-0.2, -0.15) is 9.82 Å². The van der Waals surface area contributed by atoms with Crippen LogP contribution in [0.2, 0.25) is 0 Å². The fourth-order valence-corrected chi connectivity index (χ4v) is 5.58. The number of carbonyl (C=O) groups is 1. The summed E-state index contributed by atoms with van der Waals surface area (Å²) in [5, 5.41) is 15.1. The summed E-state index contributed by atoms with van der Waals surface area (Å²) in [5.41, 5.74) is 4.94. The Labute approximate surface area is 245 Å². The minimum Gasteiger partial charge on any atom is -0.507 e. The van der Waals surface area contributed by atoms with Crippen LogP contribution in [0, 0.1) is 3.57 Å². The van der Waals surface area contributed by atoms with Crippen LogP contribution in [-0.4, -0.2) is 31.7 Å². The highest BCUT2D eigenvalue weighted by Gasteiger charge is 2.27. The van der Waals surface area contributed by atoms with E-state index in [0.717, 1.165) is 20.3 Å². The van der Waals surface area contributed by atoms with Crippen molar-refractivity contribution >= 4 is 44.7 Å². The molecule has 3 aromatic carbocycles. The number of hydrogen-bond acceptors (Lipinski definition) is 5. The van der Waals surface area contributed by atoms with E-state index in [4.69, 9.17) is 0 Å². The molecule has 0 unspecified atom stereocenters. The number of hydrazone groups is 1. The standard InChI is InChI=1S/C30H36IN3O4S/c1-29(2,3)24-16-21(17-25(27(24)35)30(4,5)6)19-32-33-28(36)26(18-20-10-8-7-9-11-20)34-39(37,38)23-14-12-22(31)13-15-23/h7-17,19,26,34-35H,18H2,1-6H3,(H,33,36)/b32-19-/t26-/m0/s1. The number of sulfonamides is 1. The number of aromatic hydroxyl groups is 1. The number of nitrogens with zero attached hydrogens (tertiary/aromatic N) is 1. The fourth-order valence-electron chi connectivity index (χ4n) is 4.03. The molecule has 1 atom stereocenters.